The Bertz CT molecular complexity index is 461. The van der Waals surface area contributed by atoms with Gasteiger partial charge in [-0.05, 0) is 18.6 Å². The first kappa shape index (κ1) is 8.87. The van der Waals surface area contributed by atoms with Crippen LogP contribution in [0.15, 0.2) is 18.2 Å². The van der Waals surface area contributed by atoms with E-state index in [1.807, 2.05) is 12.1 Å². The molecule has 2 heterocycles. The fourth-order valence-corrected chi connectivity index (χ4v) is 1.50. The summed E-state index contributed by atoms with van der Waals surface area (Å²) in [6.07, 6.45) is 2.66. The first-order valence-corrected chi connectivity index (χ1v) is 4.65. The topological polar surface area (TPSA) is 47.3 Å². The summed E-state index contributed by atoms with van der Waals surface area (Å²) in [4.78, 5) is 10.8. The van der Waals surface area contributed by atoms with Gasteiger partial charge in [0.1, 0.15) is 5.82 Å². The Balaban J connectivity index is 2.67. The van der Waals surface area contributed by atoms with Crippen molar-refractivity contribution in [3.8, 4) is 0 Å². The Morgan fingerprint density at radius 1 is 1.43 bits per heavy atom. The molecule has 4 nitrogen and oxygen atoms in total. The molecule has 0 aliphatic rings. The Hall–Kier alpha value is -1.71. The van der Waals surface area contributed by atoms with E-state index >= 15 is 0 Å². The highest BCUT2D eigenvalue weighted by atomic mass is 16.1. The fraction of sp³-hybridized carbons (Fsp3) is 0.300. The minimum atomic E-state index is 0.607. The molecule has 2 rings (SSSR count). The average molecular weight is 189 g/mol. The van der Waals surface area contributed by atoms with E-state index in [1.54, 1.807) is 10.5 Å². The molecule has 0 N–H and O–H groups in total. The van der Waals surface area contributed by atoms with Gasteiger partial charge in [0.2, 0.25) is 0 Å². The lowest BCUT2D eigenvalue weighted by atomic mass is 10.3. The van der Waals surface area contributed by atoms with Crippen molar-refractivity contribution in [2.45, 2.75) is 19.8 Å². The zero-order chi connectivity index (χ0) is 9.97. The van der Waals surface area contributed by atoms with E-state index in [-0.39, 0.29) is 0 Å². The second kappa shape index (κ2) is 3.57. The minimum absolute atomic E-state index is 0.607. The summed E-state index contributed by atoms with van der Waals surface area (Å²) in [6.45, 7) is 2.07. The highest BCUT2D eigenvalue weighted by Crippen LogP contribution is 2.08. The van der Waals surface area contributed by atoms with Crippen LogP contribution in [-0.2, 0) is 6.42 Å². The molecule has 4 heteroatoms. The van der Waals surface area contributed by atoms with Gasteiger partial charge in [-0.15, -0.1) is 10.2 Å². The smallest absolute Gasteiger partial charge is 0.166 e. The second-order valence-electron chi connectivity index (χ2n) is 3.13. The molecule has 0 amide bonds. The Morgan fingerprint density at radius 2 is 2.29 bits per heavy atom. The number of pyridine rings is 1. The van der Waals surface area contributed by atoms with Gasteiger partial charge in [-0.2, -0.15) is 0 Å². The number of hydrogen-bond acceptors (Lipinski definition) is 3. The summed E-state index contributed by atoms with van der Waals surface area (Å²) < 4.78 is 1.80. The quantitative estimate of drug-likeness (QED) is 0.687. The molecular weight excluding hydrogens is 178 g/mol. The van der Waals surface area contributed by atoms with E-state index in [4.69, 9.17) is 0 Å². The Kier molecular flexibility index (Phi) is 2.26. The van der Waals surface area contributed by atoms with Crippen LogP contribution in [0.1, 0.15) is 29.7 Å². The number of nitrogens with zero attached hydrogens (tertiary/aromatic N) is 3. The monoisotopic (exact) mass is 189 g/mol. The van der Waals surface area contributed by atoms with Crippen molar-refractivity contribution in [3.63, 3.8) is 0 Å². The SMILES string of the molecule is CCCc1nnc2cccc(C=O)n12. The lowest BCUT2D eigenvalue weighted by molar-refractivity contribution is 0.111. The van der Waals surface area contributed by atoms with Crippen molar-refractivity contribution in [2.24, 2.45) is 0 Å². The van der Waals surface area contributed by atoms with E-state index in [9.17, 15) is 4.79 Å². The number of fused-ring (bicyclic) bond motifs is 1. The van der Waals surface area contributed by atoms with Crippen LogP contribution in [-0.4, -0.2) is 20.9 Å². The molecule has 0 fully saturated rings. The highest BCUT2D eigenvalue weighted by Gasteiger charge is 2.06. The Labute approximate surface area is 81.6 Å². The van der Waals surface area contributed by atoms with E-state index in [0.29, 0.717) is 5.69 Å². The van der Waals surface area contributed by atoms with E-state index in [2.05, 4.69) is 17.1 Å². The van der Waals surface area contributed by atoms with Gasteiger partial charge >= 0.3 is 0 Å². The minimum Gasteiger partial charge on any atom is -0.296 e. The van der Waals surface area contributed by atoms with Crippen molar-refractivity contribution >= 4 is 11.9 Å². The van der Waals surface area contributed by atoms with E-state index in [0.717, 1.165) is 30.6 Å². The highest BCUT2D eigenvalue weighted by molar-refractivity contribution is 5.73. The van der Waals surface area contributed by atoms with Crippen molar-refractivity contribution < 1.29 is 4.79 Å². The molecule has 0 aliphatic heterocycles. The maximum Gasteiger partial charge on any atom is 0.166 e. The normalized spacial score (nSPS) is 10.6. The third-order valence-corrected chi connectivity index (χ3v) is 2.12. The molecule has 0 bridgehead atoms. The molecular formula is C10H11N3O. The van der Waals surface area contributed by atoms with Crippen LogP contribution < -0.4 is 0 Å². The fourth-order valence-electron chi connectivity index (χ4n) is 1.50. The van der Waals surface area contributed by atoms with Gasteiger partial charge in [0.05, 0.1) is 5.69 Å². The molecule has 2 aromatic heterocycles. The van der Waals surface area contributed by atoms with Crippen LogP contribution in [0.4, 0.5) is 0 Å². The molecule has 0 radical (unpaired) electrons. The average Bonchev–Trinajstić information content (AvgIpc) is 2.62. The number of aldehydes is 1. The van der Waals surface area contributed by atoms with Gasteiger partial charge in [-0.1, -0.05) is 13.0 Å². The molecule has 0 saturated carbocycles. The molecule has 0 atom stereocenters. The van der Waals surface area contributed by atoms with Crippen LogP contribution >= 0.6 is 0 Å². The van der Waals surface area contributed by atoms with Crippen LogP contribution in [0.5, 0.6) is 0 Å². The lowest BCUT2D eigenvalue weighted by Gasteiger charge is -2.00. The predicted octanol–water partition coefficient (Wildman–Crippen LogP) is 1.49. The summed E-state index contributed by atoms with van der Waals surface area (Å²) in [5.74, 6) is 0.852. The largest absolute Gasteiger partial charge is 0.296 e. The summed E-state index contributed by atoms with van der Waals surface area (Å²) in [6, 6.07) is 5.42. The maximum absolute atomic E-state index is 10.8. The van der Waals surface area contributed by atoms with Gasteiger partial charge in [0.15, 0.2) is 11.9 Å². The van der Waals surface area contributed by atoms with Crippen LogP contribution in [0.25, 0.3) is 5.65 Å². The van der Waals surface area contributed by atoms with Gasteiger partial charge in [-0.3, -0.25) is 9.20 Å². The van der Waals surface area contributed by atoms with Crippen molar-refractivity contribution in [3.05, 3.63) is 29.7 Å². The van der Waals surface area contributed by atoms with Crippen molar-refractivity contribution in [1.82, 2.24) is 14.6 Å². The van der Waals surface area contributed by atoms with E-state index < -0.39 is 0 Å². The molecule has 0 unspecified atom stereocenters. The molecule has 0 spiro atoms. The van der Waals surface area contributed by atoms with Gasteiger partial charge in [0, 0.05) is 6.42 Å². The Morgan fingerprint density at radius 3 is 3.00 bits per heavy atom. The van der Waals surface area contributed by atoms with Crippen LogP contribution in [0, 0.1) is 0 Å². The maximum atomic E-state index is 10.8. The molecule has 0 aromatic carbocycles. The van der Waals surface area contributed by atoms with Gasteiger partial charge in [-0.25, -0.2) is 0 Å². The molecule has 0 aliphatic carbocycles. The first-order chi connectivity index (χ1) is 6.86. The number of aryl methyl sites for hydroxylation is 1. The van der Waals surface area contributed by atoms with E-state index in [1.165, 1.54) is 0 Å². The molecule has 0 saturated heterocycles. The molecule has 2 aromatic rings. The summed E-state index contributed by atoms with van der Waals surface area (Å²) in [5.41, 5.74) is 1.34. The summed E-state index contributed by atoms with van der Waals surface area (Å²) >= 11 is 0. The predicted molar refractivity (Wildman–Crippen MR) is 52.4 cm³/mol. The number of carbonyl (C=O) groups is 1. The number of rotatable bonds is 3. The molecule has 72 valence electrons. The summed E-state index contributed by atoms with van der Waals surface area (Å²) in [7, 11) is 0. The standard InChI is InChI=1S/C10H11N3O/c1-2-4-9-11-12-10-6-3-5-8(7-14)13(9)10/h3,5-7H,2,4H2,1H3. The van der Waals surface area contributed by atoms with Crippen LogP contribution in [0.2, 0.25) is 0 Å². The lowest BCUT2D eigenvalue weighted by Crippen LogP contribution is -2.00. The van der Waals surface area contributed by atoms with Gasteiger partial charge in [0.25, 0.3) is 0 Å². The second-order valence-corrected chi connectivity index (χ2v) is 3.13. The number of aromatic nitrogens is 3. The zero-order valence-electron chi connectivity index (χ0n) is 7.97. The summed E-state index contributed by atoms with van der Waals surface area (Å²) in [5, 5.41) is 8.05. The third kappa shape index (κ3) is 1.28. The van der Waals surface area contributed by atoms with Crippen molar-refractivity contribution in [2.75, 3.05) is 0 Å². The number of hydrogen-bond donors (Lipinski definition) is 0. The molecule has 14 heavy (non-hydrogen) atoms. The van der Waals surface area contributed by atoms with Crippen molar-refractivity contribution in [1.29, 1.82) is 0 Å². The zero-order valence-corrected chi connectivity index (χ0v) is 7.97. The van der Waals surface area contributed by atoms with Crippen LogP contribution in [0.3, 0.4) is 0 Å². The van der Waals surface area contributed by atoms with Gasteiger partial charge < -0.3 is 0 Å². The third-order valence-electron chi connectivity index (χ3n) is 2.12. The first-order valence-electron chi connectivity index (χ1n) is 4.65. The number of carbonyl (C=O) groups excluding carboxylic acids is 1.